The summed E-state index contributed by atoms with van der Waals surface area (Å²) in [5, 5.41) is 31.0. The Labute approximate surface area is 201 Å². The predicted octanol–water partition coefficient (Wildman–Crippen LogP) is 5.00. The van der Waals surface area contributed by atoms with Crippen molar-refractivity contribution in [1.29, 1.82) is 0 Å². The SMILES string of the molecule is C=C1[C@H](O)CC(=C/C=C2\CCC[C@]3(C)[C@@H](C(C)CN4CCC[C@@H]4C(C)(C)O)CC[C@@H]23)C[C@H]1O. The zero-order valence-electron chi connectivity index (χ0n) is 21.4. The van der Waals surface area contributed by atoms with Crippen LogP contribution in [0.15, 0.2) is 35.5 Å². The predicted molar refractivity (Wildman–Crippen MR) is 135 cm³/mol. The Balaban J connectivity index is 1.46. The average Bonchev–Trinajstić information content (AvgIpc) is 3.34. The third-order valence-electron chi connectivity index (χ3n) is 9.73. The maximum Gasteiger partial charge on any atom is 0.0809 e. The normalized spacial score (nSPS) is 40.3. The first-order valence-electron chi connectivity index (χ1n) is 13.4. The molecule has 1 saturated heterocycles. The zero-order valence-corrected chi connectivity index (χ0v) is 21.4. The first kappa shape index (κ1) is 25.2. The number of hydrogen-bond donors (Lipinski definition) is 3. The fourth-order valence-electron chi connectivity index (χ4n) is 7.98. The molecule has 0 amide bonds. The van der Waals surface area contributed by atoms with Crippen molar-refractivity contribution in [2.45, 2.75) is 109 Å². The average molecular weight is 458 g/mol. The molecule has 186 valence electrons. The molecule has 4 aliphatic rings. The fraction of sp³-hybridized carbons (Fsp3) is 0.793. The number of allylic oxidation sites excluding steroid dienone is 3. The summed E-state index contributed by atoms with van der Waals surface area (Å²) in [6.07, 6.45) is 13.1. The topological polar surface area (TPSA) is 63.9 Å². The van der Waals surface area contributed by atoms with Crippen LogP contribution >= 0.6 is 0 Å². The van der Waals surface area contributed by atoms with Crippen molar-refractivity contribution < 1.29 is 15.3 Å². The van der Waals surface area contributed by atoms with Gasteiger partial charge in [-0.1, -0.05) is 43.7 Å². The van der Waals surface area contributed by atoms with Crippen molar-refractivity contribution in [3.8, 4) is 0 Å². The molecule has 1 unspecified atom stereocenters. The molecule has 4 heteroatoms. The van der Waals surface area contributed by atoms with Gasteiger partial charge in [0.2, 0.25) is 0 Å². The Bertz CT molecular complexity index is 777. The summed E-state index contributed by atoms with van der Waals surface area (Å²) < 4.78 is 0. The van der Waals surface area contributed by atoms with Crippen LogP contribution in [-0.4, -0.2) is 57.2 Å². The molecule has 0 aromatic heterocycles. The molecule has 1 aliphatic heterocycles. The van der Waals surface area contributed by atoms with Crippen LogP contribution < -0.4 is 0 Å². The second-order valence-corrected chi connectivity index (χ2v) is 12.5. The molecule has 4 rings (SSSR count). The van der Waals surface area contributed by atoms with Gasteiger partial charge in [-0.15, -0.1) is 0 Å². The van der Waals surface area contributed by atoms with Crippen LogP contribution in [0.3, 0.4) is 0 Å². The van der Waals surface area contributed by atoms with Gasteiger partial charge in [0.05, 0.1) is 17.8 Å². The van der Waals surface area contributed by atoms with Crippen molar-refractivity contribution in [1.82, 2.24) is 4.90 Å². The molecule has 0 aromatic carbocycles. The van der Waals surface area contributed by atoms with Crippen LogP contribution in [0.25, 0.3) is 0 Å². The Morgan fingerprint density at radius 2 is 1.82 bits per heavy atom. The standard InChI is InChI=1S/C29H47NO3/c1-19(18-30-15-7-9-27(30)28(3,4)33)23-12-13-24-22(8-6-14-29(23,24)5)11-10-21-16-25(31)20(2)26(32)17-21/h10-11,19,23-27,31-33H,2,6-9,12-18H2,1,3-5H3/b22-11+/t19?,23-,24+,25-,26-,27-,29-/m1/s1. The molecule has 4 nitrogen and oxygen atoms in total. The van der Waals surface area contributed by atoms with Crippen LogP contribution in [0.5, 0.6) is 0 Å². The van der Waals surface area contributed by atoms with Crippen molar-refractivity contribution in [3.05, 3.63) is 35.5 Å². The minimum Gasteiger partial charge on any atom is -0.389 e. The Hall–Kier alpha value is -0.940. The molecule has 0 spiro atoms. The summed E-state index contributed by atoms with van der Waals surface area (Å²) in [5.74, 6) is 2.01. The number of fused-ring (bicyclic) bond motifs is 1. The fourth-order valence-corrected chi connectivity index (χ4v) is 7.98. The van der Waals surface area contributed by atoms with Crippen LogP contribution in [0.4, 0.5) is 0 Å². The van der Waals surface area contributed by atoms with Gasteiger partial charge in [0.25, 0.3) is 0 Å². The van der Waals surface area contributed by atoms with Crippen molar-refractivity contribution in [3.63, 3.8) is 0 Å². The molecule has 3 aliphatic carbocycles. The number of aliphatic hydroxyl groups is 3. The number of aliphatic hydroxyl groups excluding tert-OH is 2. The van der Waals surface area contributed by atoms with Gasteiger partial charge >= 0.3 is 0 Å². The Morgan fingerprint density at radius 1 is 1.12 bits per heavy atom. The number of likely N-dealkylation sites (tertiary alicyclic amines) is 1. The smallest absolute Gasteiger partial charge is 0.0809 e. The van der Waals surface area contributed by atoms with Gasteiger partial charge in [-0.25, -0.2) is 0 Å². The summed E-state index contributed by atoms with van der Waals surface area (Å²) in [4.78, 5) is 2.57. The molecule has 4 fully saturated rings. The van der Waals surface area contributed by atoms with E-state index >= 15 is 0 Å². The lowest BCUT2D eigenvalue weighted by Crippen LogP contribution is -2.48. The van der Waals surface area contributed by atoms with Gasteiger partial charge in [-0.2, -0.15) is 0 Å². The van der Waals surface area contributed by atoms with E-state index in [0.717, 1.165) is 31.0 Å². The highest BCUT2D eigenvalue weighted by Crippen LogP contribution is 2.59. The number of nitrogens with zero attached hydrogens (tertiary/aromatic N) is 1. The van der Waals surface area contributed by atoms with E-state index in [-0.39, 0.29) is 6.04 Å². The van der Waals surface area contributed by atoms with Gasteiger partial charge in [0.15, 0.2) is 0 Å². The molecule has 3 saturated carbocycles. The molecular weight excluding hydrogens is 410 g/mol. The second kappa shape index (κ2) is 9.60. The molecule has 0 bridgehead atoms. The van der Waals surface area contributed by atoms with Gasteiger partial charge in [-0.05, 0) is 107 Å². The maximum absolute atomic E-state index is 10.7. The van der Waals surface area contributed by atoms with Crippen LogP contribution in [-0.2, 0) is 0 Å². The highest BCUT2D eigenvalue weighted by Gasteiger charge is 2.51. The molecular formula is C29H47NO3. The highest BCUT2D eigenvalue weighted by molar-refractivity contribution is 5.29. The van der Waals surface area contributed by atoms with Crippen molar-refractivity contribution >= 4 is 0 Å². The molecule has 0 radical (unpaired) electrons. The van der Waals surface area contributed by atoms with Crippen molar-refractivity contribution in [2.24, 2.45) is 23.2 Å². The van der Waals surface area contributed by atoms with Gasteiger partial charge in [-0.3, -0.25) is 4.90 Å². The second-order valence-electron chi connectivity index (χ2n) is 12.5. The largest absolute Gasteiger partial charge is 0.389 e. The van der Waals surface area contributed by atoms with E-state index in [1.165, 1.54) is 38.5 Å². The third-order valence-corrected chi connectivity index (χ3v) is 9.73. The van der Waals surface area contributed by atoms with Gasteiger partial charge in [0.1, 0.15) is 0 Å². The van der Waals surface area contributed by atoms with E-state index in [1.54, 1.807) is 5.57 Å². The molecule has 7 atom stereocenters. The summed E-state index contributed by atoms with van der Waals surface area (Å²) in [6.45, 7) is 15.0. The minimum absolute atomic E-state index is 0.288. The summed E-state index contributed by atoms with van der Waals surface area (Å²) in [7, 11) is 0. The summed E-state index contributed by atoms with van der Waals surface area (Å²) >= 11 is 0. The highest BCUT2D eigenvalue weighted by atomic mass is 16.3. The van der Waals surface area contributed by atoms with E-state index in [1.807, 2.05) is 13.8 Å². The van der Waals surface area contributed by atoms with E-state index < -0.39 is 17.8 Å². The third kappa shape index (κ3) is 5.05. The summed E-state index contributed by atoms with van der Waals surface area (Å²) in [6, 6.07) is 0.288. The monoisotopic (exact) mass is 457 g/mol. The summed E-state index contributed by atoms with van der Waals surface area (Å²) in [5.41, 5.74) is 3.00. The zero-order chi connectivity index (χ0) is 24.0. The Morgan fingerprint density at radius 3 is 2.48 bits per heavy atom. The van der Waals surface area contributed by atoms with Crippen LogP contribution in [0.2, 0.25) is 0 Å². The number of rotatable bonds is 5. The van der Waals surface area contributed by atoms with Crippen molar-refractivity contribution in [2.75, 3.05) is 13.1 Å². The first-order chi connectivity index (χ1) is 15.5. The first-order valence-corrected chi connectivity index (χ1v) is 13.4. The molecule has 33 heavy (non-hydrogen) atoms. The van der Waals surface area contributed by atoms with Gasteiger partial charge < -0.3 is 15.3 Å². The van der Waals surface area contributed by atoms with E-state index in [0.29, 0.717) is 35.7 Å². The minimum atomic E-state index is -0.626. The van der Waals surface area contributed by atoms with E-state index in [2.05, 4.69) is 37.5 Å². The maximum atomic E-state index is 10.7. The quantitative estimate of drug-likeness (QED) is 0.509. The lowest BCUT2D eigenvalue weighted by Gasteiger charge is -2.45. The molecule has 1 heterocycles. The molecule has 3 N–H and O–H groups in total. The lowest BCUT2D eigenvalue weighted by molar-refractivity contribution is -0.0143. The number of hydrogen-bond acceptors (Lipinski definition) is 4. The molecule has 0 aromatic rings. The van der Waals surface area contributed by atoms with E-state index in [4.69, 9.17) is 0 Å². The van der Waals surface area contributed by atoms with Crippen LogP contribution in [0, 0.1) is 23.2 Å². The Kier molecular flexibility index (Phi) is 7.32. The van der Waals surface area contributed by atoms with Crippen LogP contribution in [0.1, 0.15) is 85.5 Å². The lowest BCUT2D eigenvalue weighted by atomic mass is 9.61. The van der Waals surface area contributed by atoms with Gasteiger partial charge in [0, 0.05) is 12.6 Å². The van der Waals surface area contributed by atoms with E-state index in [9.17, 15) is 15.3 Å².